The molecule has 4 fully saturated rings. The number of benzene rings is 1. The van der Waals surface area contributed by atoms with Gasteiger partial charge in [-0.05, 0) is 63.7 Å². The van der Waals surface area contributed by atoms with Crippen LogP contribution in [0.5, 0.6) is 11.6 Å². The van der Waals surface area contributed by atoms with E-state index in [0.29, 0.717) is 42.9 Å². The van der Waals surface area contributed by atoms with E-state index in [-0.39, 0.29) is 16.9 Å². The Bertz CT molecular complexity index is 1500. The Labute approximate surface area is 239 Å². The first-order chi connectivity index (χ1) is 19.6. The van der Waals surface area contributed by atoms with Crippen LogP contribution in [0.15, 0.2) is 24.4 Å². The van der Waals surface area contributed by atoms with Gasteiger partial charge in [0, 0.05) is 48.4 Å². The number of hydrogen-bond acceptors (Lipinski definition) is 7. The first-order valence-electron chi connectivity index (χ1n) is 14.1. The van der Waals surface area contributed by atoms with E-state index in [2.05, 4.69) is 25.1 Å². The molecule has 12 heteroatoms. The second-order valence-corrected chi connectivity index (χ2v) is 12.2. The van der Waals surface area contributed by atoms with Crippen molar-refractivity contribution in [3.05, 3.63) is 40.8 Å². The van der Waals surface area contributed by atoms with Crippen molar-refractivity contribution >= 4 is 28.2 Å². The Kier molecular flexibility index (Phi) is 6.48. The fraction of sp³-hybridized carbons (Fsp3) is 0.517. The molecule has 7 nitrogen and oxygen atoms in total. The van der Waals surface area contributed by atoms with Crippen LogP contribution >= 0.6 is 11.6 Å². The Morgan fingerprint density at radius 3 is 2.49 bits per heavy atom. The predicted octanol–water partition coefficient (Wildman–Crippen LogP) is 5.76. The lowest BCUT2D eigenvalue weighted by atomic mass is 9.95. The topological polar surface area (TPSA) is 73.8 Å². The molecule has 2 N–H and O–H groups in total. The number of halogens is 5. The summed E-state index contributed by atoms with van der Waals surface area (Å²) in [5, 5.41) is 13.3. The molecule has 3 aromatic rings. The van der Waals surface area contributed by atoms with Gasteiger partial charge >= 0.3 is 6.18 Å². The SMILES string of the molecule is Oc1cc(Cl)c(C(F)(F)F)c(-c2ncc3c(N4CC5CCC(C4)N5)cc(OCC45CCCN4CCC5)nc3c2F)c1. The van der Waals surface area contributed by atoms with E-state index in [9.17, 15) is 18.3 Å². The summed E-state index contributed by atoms with van der Waals surface area (Å²) in [7, 11) is 0. The first-order valence-corrected chi connectivity index (χ1v) is 14.5. The minimum Gasteiger partial charge on any atom is -0.508 e. The minimum atomic E-state index is -4.90. The summed E-state index contributed by atoms with van der Waals surface area (Å²) in [6.45, 7) is 3.88. The zero-order valence-corrected chi connectivity index (χ0v) is 23.0. The number of alkyl halides is 3. The number of phenolic OH excluding ortho intramolecular Hbond substituents is 1. The third kappa shape index (κ3) is 4.66. The van der Waals surface area contributed by atoms with E-state index in [4.69, 9.17) is 16.3 Å². The van der Waals surface area contributed by atoms with Gasteiger partial charge in [0.2, 0.25) is 5.88 Å². The Morgan fingerprint density at radius 2 is 1.80 bits per heavy atom. The highest BCUT2D eigenvalue weighted by molar-refractivity contribution is 6.32. The van der Waals surface area contributed by atoms with Crippen molar-refractivity contribution in [3.8, 4) is 22.9 Å². The minimum absolute atomic E-state index is 0.0627. The largest absolute Gasteiger partial charge is 0.508 e. The summed E-state index contributed by atoms with van der Waals surface area (Å²) in [6, 6.07) is 4.02. The first kappa shape index (κ1) is 27.0. The van der Waals surface area contributed by atoms with Gasteiger partial charge < -0.3 is 20.1 Å². The van der Waals surface area contributed by atoms with Gasteiger partial charge in [-0.1, -0.05) is 11.6 Å². The van der Waals surface area contributed by atoms with Crippen LogP contribution in [0.25, 0.3) is 22.2 Å². The van der Waals surface area contributed by atoms with E-state index in [0.717, 1.165) is 63.7 Å². The molecule has 0 radical (unpaired) electrons. The molecule has 2 unspecified atom stereocenters. The van der Waals surface area contributed by atoms with Gasteiger partial charge in [0.05, 0.1) is 21.8 Å². The number of hydrogen-bond donors (Lipinski definition) is 2. The van der Waals surface area contributed by atoms with Gasteiger partial charge in [0.1, 0.15) is 23.6 Å². The number of anilines is 1. The van der Waals surface area contributed by atoms with Crippen LogP contribution in [0.2, 0.25) is 5.02 Å². The quantitative estimate of drug-likeness (QED) is 0.366. The van der Waals surface area contributed by atoms with E-state index in [1.165, 1.54) is 6.20 Å². The highest BCUT2D eigenvalue weighted by Crippen LogP contribution is 2.45. The summed E-state index contributed by atoms with van der Waals surface area (Å²) < 4.78 is 64.6. The lowest BCUT2D eigenvalue weighted by Crippen LogP contribution is -2.51. The number of phenols is 1. The van der Waals surface area contributed by atoms with E-state index in [1.54, 1.807) is 0 Å². The molecule has 0 saturated carbocycles. The van der Waals surface area contributed by atoms with Crippen molar-refractivity contribution in [3.63, 3.8) is 0 Å². The summed E-state index contributed by atoms with van der Waals surface area (Å²) in [6.07, 6.45) is 2.78. The number of pyridine rings is 2. The van der Waals surface area contributed by atoms with Crippen LogP contribution in [0, 0.1) is 5.82 Å². The van der Waals surface area contributed by atoms with Crippen LogP contribution in [0.3, 0.4) is 0 Å². The lowest BCUT2D eigenvalue weighted by Gasteiger charge is -2.35. The van der Waals surface area contributed by atoms with Crippen molar-refractivity contribution in [2.45, 2.75) is 62.3 Å². The Balaban J connectivity index is 1.35. The number of ether oxygens (including phenoxy) is 1. The number of rotatable bonds is 5. The molecule has 0 aliphatic carbocycles. The third-order valence-electron chi connectivity index (χ3n) is 9.22. The smallest absolute Gasteiger partial charge is 0.418 e. The molecule has 4 aliphatic heterocycles. The molecule has 1 aromatic carbocycles. The third-order valence-corrected chi connectivity index (χ3v) is 9.52. The maximum absolute atomic E-state index is 16.3. The normalized spacial score (nSPS) is 23.9. The average Bonchev–Trinajstić information content (AvgIpc) is 3.59. The van der Waals surface area contributed by atoms with Gasteiger partial charge in [-0.15, -0.1) is 0 Å². The van der Waals surface area contributed by atoms with Gasteiger partial charge in [-0.25, -0.2) is 9.37 Å². The molecule has 41 heavy (non-hydrogen) atoms. The fourth-order valence-electron chi connectivity index (χ4n) is 7.36. The molecule has 7 rings (SSSR count). The van der Waals surface area contributed by atoms with Crippen molar-refractivity contribution in [1.29, 1.82) is 0 Å². The molecule has 218 valence electrons. The second-order valence-electron chi connectivity index (χ2n) is 11.8. The molecule has 4 aliphatic rings. The van der Waals surface area contributed by atoms with Gasteiger partial charge in [0.15, 0.2) is 5.82 Å². The van der Waals surface area contributed by atoms with Crippen LogP contribution in [0.4, 0.5) is 23.2 Å². The van der Waals surface area contributed by atoms with Crippen molar-refractivity contribution in [2.75, 3.05) is 37.7 Å². The maximum atomic E-state index is 16.3. The summed E-state index contributed by atoms with van der Waals surface area (Å²) in [5.41, 5.74) is -2.01. The summed E-state index contributed by atoms with van der Waals surface area (Å²) >= 11 is 5.89. The molecular formula is C29H30ClF4N5O2. The Hall–Kier alpha value is -2.89. The molecule has 0 spiro atoms. The summed E-state index contributed by atoms with van der Waals surface area (Å²) in [4.78, 5) is 13.3. The molecular weight excluding hydrogens is 562 g/mol. The lowest BCUT2D eigenvalue weighted by molar-refractivity contribution is -0.137. The maximum Gasteiger partial charge on any atom is 0.418 e. The molecule has 2 aromatic heterocycles. The van der Waals surface area contributed by atoms with Crippen molar-refractivity contribution in [2.24, 2.45) is 0 Å². The monoisotopic (exact) mass is 591 g/mol. The zero-order chi connectivity index (χ0) is 28.5. The van der Waals surface area contributed by atoms with E-state index in [1.807, 2.05) is 6.07 Å². The summed E-state index contributed by atoms with van der Waals surface area (Å²) in [5.74, 6) is -1.33. The molecule has 0 amide bonds. The fourth-order valence-corrected chi connectivity index (χ4v) is 7.69. The zero-order valence-electron chi connectivity index (χ0n) is 22.3. The molecule has 2 bridgehead atoms. The number of nitrogens with one attached hydrogen (secondary N) is 1. The van der Waals surface area contributed by atoms with Crippen molar-refractivity contribution < 1.29 is 27.4 Å². The van der Waals surface area contributed by atoms with Crippen molar-refractivity contribution in [1.82, 2.24) is 20.2 Å². The standard InChI is InChI=1S/C29H30ClF4N5O2/c30-21-10-18(40)9-19(24(21)29(32,33)34)26-25(31)27-20(12-35-26)22(38-13-16-3-4-17(14-38)36-16)11-23(37-27)41-15-28-5-1-7-39(28)8-2-6-28/h9-12,16-17,36,40H,1-8,13-15H2. The number of aromatic nitrogens is 2. The second kappa shape index (κ2) is 9.84. The predicted molar refractivity (Wildman–Crippen MR) is 147 cm³/mol. The van der Waals surface area contributed by atoms with E-state index < -0.39 is 39.6 Å². The Morgan fingerprint density at radius 1 is 1.10 bits per heavy atom. The molecule has 4 saturated heterocycles. The van der Waals surface area contributed by atoms with Crippen LogP contribution in [-0.2, 0) is 6.18 Å². The number of fused-ring (bicyclic) bond motifs is 4. The molecule has 2 atom stereocenters. The number of piperazine rings is 1. The van der Waals surface area contributed by atoms with Gasteiger partial charge in [0.25, 0.3) is 0 Å². The number of aromatic hydroxyl groups is 1. The van der Waals surface area contributed by atoms with Gasteiger partial charge in [-0.2, -0.15) is 13.2 Å². The van der Waals surface area contributed by atoms with E-state index >= 15 is 4.39 Å². The average molecular weight is 592 g/mol. The van der Waals surface area contributed by atoms with Crippen LogP contribution < -0.4 is 15.0 Å². The van der Waals surface area contributed by atoms with Crippen LogP contribution in [0.1, 0.15) is 44.1 Å². The molecule has 6 heterocycles. The highest BCUT2D eigenvalue weighted by Gasteiger charge is 2.45. The van der Waals surface area contributed by atoms with Crippen LogP contribution in [-0.4, -0.2) is 70.4 Å². The van der Waals surface area contributed by atoms with Gasteiger partial charge in [-0.3, -0.25) is 9.88 Å². The highest BCUT2D eigenvalue weighted by atomic mass is 35.5. The number of nitrogens with zero attached hydrogens (tertiary/aromatic N) is 4.